The van der Waals surface area contributed by atoms with Crippen molar-refractivity contribution in [3.05, 3.63) is 35.4 Å². The van der Waals surface area contributed by atoms with Crippen LogP contribution in [0.15, 0.2) is 24.3 Å². The number of hydrogen-bond donors (Lipinski definition) is 1. The fraction of sp³-hybridized carbons (Fsp3) is 0.467. The van der Waals surface area contributed by atoms with E-state index in [0.717, 1.165) is 17.5 Å². The molecule has 1 unspecified atom stereocenters. The van der Waals surface area contributed by atoms with Gasteiger partial charge in [0, 0.05) is 6.54 Å². The quantitative estimate of drug-likeness (QED) is 0.905. The molecule has 1 atom stereocenters. The van der Waals surface area contributed by atoms with Crippen LogP contribution in [0.2, 0.25) is 0 Å². The number of amides is 1. The molecule has 1 aliphatic rings. The standard InChI is InChI=1S/C15H19NO3/c1-11-6-3-4-7-12(11)10-13(17)16-9-5-8-15(16,2)14(18)19/h3-4,6-7H,5,8-10H2,1-2H3,(H,18,19). The van der Waals surface area contributed by atoms with Gasteiger partial charge in [0.15, 0.2) is 0 Å². The van der Waals surface area contributed by atoms with Crippen molar-refractivity contribution in [3.8, 4) is 0 Å². The smallest absolute Gasteiger partial charge is 0.329 e. The van der Waals surface area contributed by atoms with Crippen LogP contribution in [0.25, 0.3) is 0 Å². The Morgan fingerprint density at radius 2 is 2.05 bits per heavy atom. The van der Waals surface area contributed by atoms with E-state index in [4.69, 9.17) is 0 Å². The number of likely N-dealkylation sites (tertiary alicyclic amines) is 1. The molecule has 19 heavy (non-hydrogen) atoms. The molecule has 0 radical (unpaired) electrons. The third kappa shape index (κ3) is 2.48. The molecule has 0 aromatic heterocycles. The van der Waals surface area contributed by atoms with Gasteiger partial charge in [0.25, 0.3) is 0 Å². The van der Waals surface area contributed by atoms with Crippen LogP contribution in [0.1, 0.15) is 30.9 Å². The number of carboxylic acids is 1. The molecule has 1 aromatic carbocycles. The summed E-state index contributed by atoms with van der Waals surface area (Å²) >= 11 is 0. The predicted octanol–water partition coefficient (Wildman–Crippen LogP) is 2.00. The third-order valence-electron chi connectivity index (χ3n) is 4.01. The molecule has 0 aliphatic carbocycles. The van der Waals surface area contributed by atoms with Crippen LogP contribution in [-0.2, 0) is 16.0 Å². The van der Waals surface area contributed by atoms with Gasteiger partial charge < -0.3 is 10.0 Å². The number of carboxylic acid groups (broad SMARTS) is 1. The van der Waals surface area contributed by atoms with Crippen molar-refractivity contribution in [1.29, 1.82) is 0 Å². The highest BCUT2D eigenvalue weighted by Gasteiger charge is 2.45. The zero-order valence-electron chi connectivity index (χ0n) is 11.3. The second kappa shape index (κ2) is 5.03. The van der Waals surface area contributed by atoms with Gasteiger partial charge in [-0.1, -0.05) is 24.3 Å². The first-order chi connectivity index (χ1) is 8.95. The first-order valence-electron chi connectivity index (χ1n) is 6.53. The number of nitrogens with zero attached hydrogens (tertiary/aromatic N) is 1. The van der Waals surface area contributed by atoms with Gasteiger partial charge in [-0.05, 0) is 37.8 Å². The van der Waals surface area contributed by atoms with Crippen LogP contribution in [-0.4, -0.2) is 34.0 Å². The van der Waals surface area contributed by atoms with Gasteiger partial charge in [-0.25, -0.2) is 4.79 Å². The van der Waals surface area contributed by atoms with E-state index in [-0.39, 0.29) is 12.3 Å². The largest absolute Gasteiger partial charge is 0.480 e. The lowest BCUT2D eigenvalue weighted by atomic mass is 9.98. The molecule has 1 saturated heterocycles. The molecule has 1 aliphatic heterocycles. The summed E-state index contributed by atoms with van der Waals surface area (Å²) in [4.78, 5) is 25.2. The SMILES string of the molecule is Cc1ccccc1CC(=O)N1CCCC1(C)C(=O)O. The van der Waals surface area contributed by atoms with E-state index in [1.165, 1.54) is 4.90 Å². The van der Waals surface area contributed by atoms with E-state index in [1.807, 2.05) is 31.2 Å². The number of rotatable bonds is 3. The number of aliphatic carboxylic acids is 1. The highest BCUT2D eigenvalue weighted by atomic mass is 16.4. The average molecular weight is 261 g/mol. The Bertz CT molecular complexity index is 512. The van der Waals surface area contributed by atoms with E-state index in [0.29, 0.717) is 13.0 Å². The van der Waals surface area contributed by atoms with Crippen LogP contribution in [0.5, 0.6) is 0 Å². The first-order valence-corrected chi connectivity index (χ1v) is 6.53. The summed E-state index contributed by atoms with van der Waals surface area (Å²) in [6.07, 6.45) is 1.56. The summed E-state index contributed by atoms with van der Waals surface area (Å²) in [5.74, 6) is -1.01. The van der Waals surface area contributed by atoms with Crippen molar-refractivity contribution >= 4 is 11.9 Å². The molecule has 4 heteroatoms. The molecule has 1 N–H and O–H groups in total. The molecule has 0 spiro atoms. The van der Waals surface area contributed by atoms with E-state index in [9.17, 15) is 14.7 Å². The predicted molar refractivity (Wildman–Crippen MR) is 71.9 cm³/mol. The lowest BCUT2D eigenvalue weighted by Crippen LogP contribution is -2.51. The van der Waals surface area contributed by atoms with Crippen molar-refractivity contribution < 1.29 is 14.7 Å². The molecule has 102 valence electrons. The van der Waals surface area contributed by atoms with Crippen LogP contribution in [0.3, 0.4) is 0 Å². The van der Waals surface area contributed by atoms with E-state index < -0.39 is 11.5 Å². The Kier molecular flexibility index (Phi) is 3.60. The Morgan fingerprint density at radius 3 is 2.68 bits per heavy atom. The fourth-order valence-corrected chi connectivity index (χ4v) is 2.65. The summed E-state index contributed by atoms with van der Waals surface area (Å²) in [5.41, 5.74) is 0.985. The summed E-state index contributed by atoms with van der Waals surface area (Å²) in [5, 5.41) is 9.32. The number of carbonyl (C=O) groups excluding carboxylic acids is 1. The monoisotopic (exact) mass is 261 g/mol. The van der Waals surface area contributed by atoms with Crippen molar-refractivity contribution in [2.75, 3.05) is 6.54 Å². The first kappa shape index (κ1) is 13.6. The Balaban J connectivity index is 2.17. The molecule has 0 bridgehead atoms. The summed E-state index contributed by atoms with van der Waals surface area (Å²) < 4.78 is 0. The van der Waals surface area contributed by atoms with Gasteiger partial charge in [0.05, 0.1) is 6.42 Å². The molecule has 4 nitrogen and oxygen atoms in total. The Morgan fingerprint density at radius 1 is 1.37 bits per heavy atom. The number of aryl methyl sites for hydroxylation is 1. The number of benzene rings is 1. The zero-order valence-corrected chi connectivity index (χ0v) is 11.3. The van der Waals surface area contributed by atoms with Crippen LogP contribution < -0.4 is 0 Å². The molecule has 0 saturated carbocycles. The third-order valence-corrected chi connectivity index (χ3v) is 4.01. The molecule has 1 heterocycles. The van der Waals surface area contributed by atoms with Gasteiger partial charge in [0.2, 0.25) is 5.91 Å². The maximum Gasteiger partial charge on any atom is 0.329 e. The van der Waals surface area contributed by atoms with Crippen LogP contribution >= 0.6 is 0 Å². The summed E-state index contributed by atoms with van der Waals surface area (Å²) in [6.45, 7) is 4.13. The lowest BCUT2D eigenvalue weighted by Gasteiger charge is -2.31. The Labute approximate surface area is 113 Å². The normalized spacial score (nSPS) is 22.5. The summed E-state index contributed by atoms with van der Waals surface area (Å²) in [6, 6.07) is 7.71. The van der Waals surface area contributed by atoms with Gasteiger partial charge in [-0.15, -0.1) is 0 Å². The minimum atomic E-state index is -1.04. The second-order valence-electron chi connectivity index (χ2n) is 5.33. The highest BCUT2D eigenvalue weighted by Crippen LogP contribution is 2.30. The van der Waals surface area contributed by atoms with E-state index in [1.54, 1.807) is 6.92 Å². The van der Waals surface area contributed by atoms with Gasteiger partial charge in [-0.3, -0.25) is 4.79 Å². The summed E-state index contributed by atoms with van der Waals surface area (Å²) in [7, 11) is 0. The fourth-order valence-electron chi connectivity index (χ4n) is 2.65. The lowest BCUT2D eigenvalue weighted by molar-refractivity contribution is -0.155. The number of hydrogen-bond acceptors (Lipinski definition) is 2. The molecular weight excluding hydrogens is 242 g/mol. The van der Waals surface area contributed by atoms with Gasteiger partial charge in [0.1, 0.15) is 5.54 Å². The molecule has 1 aromatic rings. The van der Waals surface area contributed by atoms with Crippen molar-refractivity contribution in [1.82, 2.24) is 4.90 Å². The second-order valence-corrected chi connectivity index (χ2v) is 5.33. The van der Waals surface area contributed by atoms with Crippen molar-refractivity contribution in [2.24, 2.45) is 0 Å². The van der Waals surface area contributed by atoms with Crippen LogP contribution in [0, 0.1) is 6.92 Å². The maximum atomic E-state index is 12.3. The van der Waals surface area contributed by atoms with E-state index in [2.05, 4.69) is 0 Å². The topological polar surface area (TPSA) is 57.6 Å². The maximum absolute atomic E-state index is 12.3. The van der Waals surface area contributed by atoms with Crippen LogP contribution in [0.4, 0.5) is 0 Å². The van der Waals surface area contributed by atoms with Crippen molar-refractivity contribution in [3.63, 3.8) is 0 Å². The Hall–Kier alpha value is -1.84. The molecule has 1 fully saturated rings. The molecule has 2 rings (SSSR count). The minimum absolute atomic E-state index is 0.100. The molecular formula is C15H19NO3. The zero-order chi connectivity index (χ0) is 14.0. The van der Waals surface area contributed by atoms with E-state index >= 15 is 0 Å². The van der Waals surface area contributed by atoms with Crippen molar-refractivity contribution in [2.45, 2.75) is 38.6 Å². The highest BCUT2D eigenvalue weighted by molar-refractivity contribution is 5.88. The van der Waals surface area contributed by atoms with Gasteiger partial charge >= 0.3 is 5.97 Å². The average Bonchev–Trinajstić information content (AvgIpc) is 2.76. The molecule has 1 amide bonds. The number of carbonyl (C=O) groups is 2. The van der Waals surface area contributed by atoms with Gasteiger partial charge in [-0.2, -0.15) is 0 Å². The minimum Gasteiger partial charge on any atom is -0.480 e.